The Morgan fingerprint density at radius 2 is 1.95 bits per heavy atom. The lowest BCUT2D eigenvalue weighted by Gasteiger charge is -2.38. The van der Waals surface area contributed by atoms with Crippen LogP contribution in [0.5, 0.6) is 0 Å². The van der Waals surface area contributed by atoms with Gasteiger partial charge in [0.15, 0.2) is 8.32 Å². The van der Waals surface area contributed by atoms with Crippen LogP contribution in [0, 0.1) is 0 Å². The van der Waals surface area contributed by atoms with E-state index in [0.29, 0.717) is 6.42 Å². The molecule has 0 rings (SSSR count). The highest BCUT2D eigenvalue weighted by Crippen LogP contribution is 2.37. The number of esters is 1. The first-order valence-electron chi connectivity index (χ1n) is 6.65. The molecule has 0 aliphatic rings. The number of rotatable bonds is 7. The van der Waals surface area contributed by atoms with Crippen LogP contribution >= 0.6 is 15.9 Å². The second-order valence-corrected chi connectivity index (χ2v) is 11.5. The summed E-state index contributed by atoms with van der Waals surface area (Å²) in [6.07, 6.45) is 4.14. The highest BCUT2D eigenvalue weighted by molar-refractivity contribution is 9.11. The van der Waals surface area contributed by atoms with Gasteiger partial charge in [-0.25, -0.2) is 0 Å². The van der Waals surface area contributed by atoms with Gasteiger partial charge < -0.3 is 9.16 Å². The van der Waals surface area contributed by atoms with Gasteiger partial charge in [-0.3, -0.25) is 4.79 Å². The Bertz CT molecular complexity index is 308. The predicted octanol–water partition coefficient (Wildman–Crippen LogP) is 4.63. The molecule has 3 nitrogen and oxygen atoms in total. The SMILES string of the molecule is COC(=O)CCC[C@@H](C=CBr)O[Si](C)(C)C(C)(C)C. The predicted molar refractivity (Wildman–Crippen MR) is 86.0 cm³/mol. The van der Waals surface area contributed by atoms with Gasteiger partial charge in [-0.2, -0.15) is 0 Å². The summed E-state index contributed by atoms with van der Waals surface area (Å²) in [5.41, 5.74) is 0. The third kappa shape index (κ3) is 7.27. The van der Waals surface area contributed by atoms with Crippen LogP contribution in [0.1, 0.15) is 40.0 Å². The Hall–Kier alpha value is -0.133. The molecule has 0 fully saturated rings. The van der Waals surface area contributed by atoms with E-state index in [-0.39, 0.29) is 17.1 Å². The standard InChI is InChI=1S/C14H27BrO3Si/c1-14(2,3)19(5,6)18-12(10-11-15)8-7-9-13(16)17-4/h10-12H,7-9H2,1-6H3/t12-/m0/s1. The molecular weight excluding hydrogens is 324 g/mol. The summed E-state index contributed by atoms with van der Waals surface area (Å²) in [7, 11) is -0.358. The monoisotopic (exact) mass is 350 g/mol. The molecule has 0 bridgehead atoms. The zero-order chi connectivity index (χ0) is 15.1. The van der Waals surface area contributed by atoms with E-state index < -0.39 is 8.32 Å². The number of carbonyl (C=O) groups excluding carboxylic acids is 1. The number of halogens is 1. The van der Waals surface area contributed by atoms with Crippen LogP contribution in [0.3, 0.4) is 0 Å². The quantitative estimate of drug-likeness (QED) is 0.496. The Morgan fingerprint density at radius 1 is 1.37 bits per heavy atom. The molecule has 0 heterocycles. The van der Waals surface area contributed by atoms with Crippen molar-refractivity contribution in [2.75, 3.05) is 7.11 Å². The number of hydrogen-bond acceptors (Lipinski definition) is 3. The molecule has 5 heteroatoms. The molecule has 0 amide bonds. The van der Waals surface area contributed by atoms with Crippen LogP contribution in [0.25, 0.3) is 0 Å². The maximum Gasteiger partial charge on any atom is 0.305 e. The zero-order valence-corrected chi connectivity index (χ0v) is 15.5. The van der Waals surface area contributed by atoms with Crippen molar-refractivity contribution in [2.45, 2.75) is 64.3 Å². The van der Waals surface area contributed by atoms with Gasteiger partial charge in [0.1, 0.15) is 0 Å². The summed E-state index contributed by atoms with van der Waals surface area (Å²) in [5.74, 6) is -0.158. The largest absolute Gasteiger partial charge is 0.469 e. The van der Waals surface area contributed by atoms with Crippen molar-refractivity contribution in [3.63, 3.8) is 0 Å². The average molecular weight is 351 g/mol. The van der Waals surface area contributed by atoms with Crippen LogP contribution in [-0.4, -0.2) is 27.5 Å². The highest BCUT2D eigenvalue weighted by atomic mass is 79.9. The Labute approximate surface area is 127 Å². The van der Waals surface area contributed by atoms with Gasteiger partial charge >= 0.3 is 5.97 Å². The average Bonchev–Trinajstić information content (AvgIpc) is 2.27. The molecule has 0 aromatic heterocycles. The lowest BCUT2D eigenvalue weighted by molar-refractivity contribution is -0.140. The fourth-order valence-electron chi connectivity index (χ4n) is 1.38. The smallest absolute Gasteiger partial charge is 0.305 e. The Kier molecular flexibility index (Phi) is 8.16. The van der Waals surface area contributed by atoms with Gasteiger partial charge in [0, 0.05) is 6.42 Å². The first kappa shape index (κ1) is 18.9. The molecule has 0 spiro atoms. The van der Waals surface area contributed by atoms with E-state index in [1.807, 2.05) is 11.1 Å². The minimum Gasteiger partial charge on any atom is -0.469 e. The summed E-state index contributed by atoms with van der Waals surface area (Å²) in [6.45, 7) is 11.2. The molecule has 0 saturated heterocycles. The van der Waals surface area contributed by atoms with Crippen LogP contribution in [0.15, 0.2) is 11.1 Å². The summed E-state index contributed by atoms with van der Waals surface area (Å²) in [5, 5.41) is 0.188. The van der Waals surface area contributed by atoms with Crippen molar-refractivity contribution in [2.24, 2.45) is 0 Å². The molecule has 19 heavy (non-hydrogen) atoms. The lowest BCUT2D eigenvalue weighted by atomic mass is 10.1. The van der Waals surface area contributed by atoms with Crippen LogP contribution < -0.4 is 0 Å². The van der Waals surface area contributed by atoms with Crippen molar-refractivity contribution in [1.29, 1.82) is 0 Å². The van der Waals surface area contributed by atoms with E-state index in [9.17, 15) is 4.79 Å². The van der Waals surface area contributed by atoms with Gasteiger partial charge in [0.2, 0.25) is 0 Å². The lowest BCUT2D eigenvalue weighted by Crippen LogP contribution is -2.43. The maximum absolute atomic E-state index is 11.1. The van der Waals surface area contributed by atoms with Crippen molar-refractivity contribution in [1.82, 2.24) is 0 Å². The summed E-state index contributed by atoms with van der Waals surface area (Å²) >= 11 is 3.31. The topological polar surface area (TPSA) is 35.5 Å². The van der Waals surface area contributed by atoms with Crippen LogP contribution in [0.2, 0.25) is 18.1 Å². The van der Waals surface area contributed by atoms with E-state index in [1.165, 1.54) is 7.11 Å². The van der Waals surface area contributed by atoms with Crippen molar-refractivity contribution < 1.29 is 14.0 Å². The molecule has 0 unspecified atom stereocenters. The molecule has 0 N–H and O–H groups in total. The molecule has 0 radical (unpaired) electrons. The molecule has 1 atom stereocenters. The van der Waals surface area contributed by atoms with Gasteiger partial charge in [-0.15, -0.1) is 0 Å². The van der Waals surface area contributed by atoms with Crippen molar-refractivity contribution in [3.8, 4) is 0 Å². The fraction of sp³-hybridized carbons (Fsp3) is 0.786. The normalized spacial score (nSPS) is 14.7. The Morgan fingerprint density at radius 3 is 2.37 bits per heavy atom. The first-order chi connectivity index (χ1) is 8.64. The second-order valence-electron chi connectivity index (χ2n) is 6.20. The van der Waals surface area contributed by atoms with Gasteiger partial charge in [0.25, 0.3) is 0 Å². The maximum atomic E-state index is 11.1. The van der Waals surface area contributed by atoms with Gasteiger partial charge in [-0.1, -0.05) is 42.8 Å². The Balaban J connectivity index is 4.46. The summed E-state index contributed by atoms with van der Waals surface area (Å²) in [6, 6.07) is 0. The molecule has 0 saturated carbocycles. The highest BCUT2D eigenvalue weighted by Gasteiger charge is 2.38. The molecule has 0 aliphatic heterocycles. The van der Waals surface area contributed by atoms with Crippen LogP contribution in [0.4, 0.5) is 0 Å². The van der Waals surface area contributed by atoms with Gasteiger partial charge in [0.05, 0.1) is 13.2 Å². The zero-order valence-electron chi connectivity index (χ0n) is 13.0. The van der Waals surface area contributed by atoms with Crippen molar-refractivity contribution >= 4 is 30.2 Å². The number of ether oxygens (including phenoxy) is 1. The van der Waals surface area contributed by atoms with E-state index >= 15 is 0 Å². The number of methoxy groups -OCH3 is 1. The summed E-state index contributed by atoms with van der Waals surface area (Å²) < 4.78 is 11.0. The molecule has 0 aliphatic carbocycles. The second kappa shape index (κ2) is 8.22. The molecular formula is C14H27BrO3Si. The van der Waals surface area contributed by atoms with E-state index in [0.717, 1.165) is 12.8 Å². The first-order valence-corrected chi connectivity index (χ1v) is 10.5. The third-order valence-corrected chi connectivity index (χ3v) is 8.45. The van der Waals surface area contributed by atoms with Gasteiger partial charge in [-0.05, 0) is 36.0 Å². The fourth-order valence-corrected chi connectivity index (χ4v) is 3.03. The van der Waals surface area contributed by atoms with E-state index in [4.69, 9.17) is 4.43 Å². The molecule has 112 valence electrons. The summed E-state index contributed by atoms with van der Waals surface area (Å²) in [4.78, 5) is 13.0. The van der Waals surface area contributed by atoms with Crippen LogP contribution in [-0.2, 0) is 14.0 Å². The molecule has 0 aromatic carbocycles. The minimum absolute atomic E-state index is 0.0601. The van der Waals surface area contributed by atoms with E-state index in [1.54, 1.807) is 0 Å². The number of hydrogen-bond donors (Lipinski definition) is 0. The third-order valence-electron chi connectivity index (χ3n) is 3.64. The number of carbonyl (C=O) groups is 1. The van der Waals surface area contributed by atoms with E-state index in [2.05, 4.69) is 54.5 Å². The van der Waals surface area contributed by atoms with Crippen molar-refractivity contribution in [3.05, 3.63) is 11.1 Å². The minimum atomic E-state index is -1.78. The molecule has 0 aromatic rings.